The summed E-state index contributed by atoms with van der Waals surface area (Å²) in [5, 5.41) is 3.30. The number of nitrogens with one attached hydrogen (secondary N) is 1. The second-order valence-electron chi connectivity index (χ2n) is 8.98. The molecule has 1 N–H and O–H groups in total. The van der Waals surface area contributed by atoms with E-state index in [0.717, 1.165) is 17.8 Å². The summed E-state index contributed by atoms with van der Waals surface area (Å²) in [6.45, 7) is 0.680. The highest BCUT2D eigenvalue weighted by Gasteiger charge is 2.48. The summed E-state index contributed by atoms with van der Waals surface area (Å²) in [6.07, 6.45) is 10.7. The molecule has 126 valence electrons. The smallest absolute Gasteiger partial charge is 0.225 e. The third-order valence-corrected chi connectivity index (χ3v) is 7.70. The van der Waals surface area contributed by atoms with Gasteiger partial charge in [0.25, 0.3) is 0 Å². The van der Waals surface area contributed by atoms with E-state index in [1.54, 1.807) is 0 Å². The predicted molar refractivity (Wildman–Crippen MR) is 86.4 cm³/mol. The summed E-state index contributed by atoms with van der Waals surface area (Å²) in [5.41, 5.74) is 0. The van der Waals surface area contributed by atoms with Crippen LogP contribution in [0.1, 0.15) is 57.8 Å². The summed E-state index contributed by atoms with van der Waals surface area (Å²) < 4.78 is 0. The van der Waals surface area contributed by atoms with Crippen molar-refractivity contribution in [3.8, 4) is 0 Å². The van der Waals surface area contributed by atoms with Crippen LogP contribution in [-0.2, 0) is 9.59 Å². The third kappa shape index (κ3) is 2.32. The van der Waals surface area contributed by atoms with Crippen molar-refractivity contribution in [3.63, 3.8) is 0 Å². The first-order chi connectivity index (χ1) is 11.2. The maximum Gasteiger partial charge on any atom is 0.225 e. The Kier molecular flexibility index (Phi) is 3.24. The molecule has 4 saturated carbocycles. The van der Waals surface area contributed by atoms with Gasteiger partial charge in [0, 0.05) is 25.0 Å². The summed E-state index contributed by atoms with van der Waals surface area (Å²) in [5.74, 6) is 3.41. The first-order valence-electron chi connectivity index (χ1n) is 9.77. The summed E-state index contributed by atoms with van der Waals surface area (Å²) in [6, 6.07) is 0.842. The van der Waals surface area contributed by atoms with E-state index in [0.29, 0.717) is 31.0 Å². The fourth-order valence-corrected chi connectivity index (χ4v) is 6.54. The van der Waals surface area contributed by atoms with Crippen LogP contribution in [0.2, 0.25) is 0 Å². The van der Waals surface area contributed by atoms with Crippen molar-refractivity contribution in [1.82, 2.24) is 10.2 Å². The Balaban J connectivity index is 1.21. The number of amides is 2. The molecule has 7 unspecified atom stereocenters. The molecule has 0 aromatic rings. The molecule has 0 aromatic heterocycles. The van der Waals surface area contributed by atoms with Gasteiger partial charge in [0.1, 0.15) is 0 Å². The minimum atomic E-state index is -0.0965. The van der Waals surface area contributed by atoms with Crippen molar-refractivity contribution in [2.24, 2.45) is 29.6 Å². The molecule has 4 nitrogen and oxygen atoms in total. The first-order valence-corrected chi connectivity index (χ1v) is 9.77. The van der Waals surface area contributed by atoms with E-state index in [1.807, 2.05) is 0 Å². The zero-order valence-electron chi connectivity index (χ0n) is 13.9. The fraction of sp³-hybridized carbons (Fsp3) is 0.895. The molecule has 5 aliphatic rings. The average Bonchev–Trinajstić information content (AvgIpc) is 3.33. The summed E-state index contributed by atoms with van der Waals surface area (Å²) in [4.78, 5) is 27.2. The number of nitrogens with zero attached hydrogens (tertiary/aromatic N) is 1. The van der Waals surface area contributed by atoms with E-state index in [4.69, 9.17) is 0 Å². The molecule has 0 radical (unpaired) electrons. The number of likely N-dealkylation sites (tertiary alicyclic amines) is 1. The maximum atomic E-state index is 12.7. The van der Waals surface area contributed by atoms with Gasteiger partial charge in [-0.05, 0) is 62.2 Å². The lowest BCUT2D eigenvalue weighted by molar-refractivity contribution is -0.131. The Morgan fingerprint density at radius 2 is 1.70 bits per heavy atom. The minimum absolute atomic E-state index is 0.0965. The second kappa shape index (κ2) is 5.22. The molecule has 0 spiro atoms. The van der Waals surface area contributed by atoms with E-state index in [-0.39, 0.29) is 17.7 Å². The van der Waals surface area contributed by atoms with Gasteiger partial charge in [-0.15, -0.1) is 0 Å². The van der Waals surface area contributed by atoms with Gasteiger partial charge in [-0.2, -0.15) is 0 Å². The van der Waals surface area contributed by atoms with Gasteiger partial charge >= 0.3 is 0 Å². The summed E-state index contributed by atoms with van der Waals surface area (Å²) in [7, 11) is 0. The average molecular weight is 316 g/mol. The lowest BCUT2D eigenvalue weighted by atomic mass is 9.94. The number of rotatable bonds is 3. The molecule has 7 atom stereocenters. The van der Waals surface area contributed by atoms with Crippen LogP contribution in [0.5, 0.6) is 0 Å². The predicted octanol–water partition coefficient (Wildman–Crippen LogP) is 2.33. The molecule has 4 bridgehead atoms. The lowest BCUT2D eigenvalue weighted by Crippen LogP contribution is -2.44. The molecule has 0 aromatic carbocycles. The van der Waals surface area contributed by atoms with Crippen LogP contribution in [0.4, 0.5) is 0 Å². The number of fused-ring (bicyclic) bond motifs is 4. The number of hydrogen-bond acceptors (Lipinski definition) is 2. The lowest BCUT2D eigenvalue weighted by Gasteiger charge is -2.31. The highest BCUT2D eigenvalue weighted by atomic mass is 16.2. The topological polar surface area (TPSA) is 49.4 Å². The van der Waals surface area contributed by atoms with Gasteiger partial charge < -0.3 is 10.2 Å². The van der Waals surface area contributed by atoms with Crippen molar-refractivity contribution in [1.29, 1.82) is 0 Å². The van der Waals surface area contributed by atoms with Crippen molar-refractivity contribution in [3.05, 3.63) is 0 Å². The molecular formula is C19H28N2O2. The van der Waals surface area contributed by atoms with Crippen molar-refractivity contribution in [2.45, 2.75) is 69.9 Å². The van der Waals surface area contributed by atoms with Crippen LogP contribution in [-0.4, -0.2) is 35.3 Å². The van der Waals surface area contributed by atoms with Crippen molar-refractivity contribution < 1.29 is 9.59 Å². The van der Waals surface area contributed by atoms with Crippen LogP contribution in [0.3, 0.4) is 0 Å². The van der Waals surface area contributed by atoms with Gasteiger partial charge in [0.2, 0.25) is 11.8 Å². The Bertz CT molecular complexity index is 533. The van der Waals surface area contributed by atoms with E-state index in [2.05, 4.69) is 10.2 Å². The van der Waals surface area contributed by atoms with Crippen molar-refractivity contribution in [2.75, 3.05) is 6.54 Å². The second-order valence-corrected chi connectivity index (χ2v) is 8.98. The molecule has 1 heterocycles. The molecule has 5 fully saturated rings. The van der Waals surface area contributed by atoms with Crippen LogP contribution in [0.15, 0.2) is 0 Å². The quantitative estimate of drug-likeness (QED) is 0.869. The largest absolute Gasteiger partial charge is 0.353 e. The third-order valence-electron chi connectivity index (χ3n) is 7.70. The molecular weight excluding hydrogens is 288 g/mol. The molecule has 4 heteroatoms. The van der Waals surface area contributed by atoms with E-state index < -0.39 is 0 Å². The van der Waals surface area contributed by atoms with E-state index >= 15 is 0 Å². The van der Waals surface area contributed by atoms with Crippen LogP contribution < -0.4 is 5.32 Å². The molecule has 5 rings (SSSR count). The van der Waals surface area contributed by atoms with Crippen molar-refractivity contribution >= 4 is 11.8 Å². The van der Waals surface area contributed by atoms with Crippen LogP contribution in [0, 0.1) is 29.6 Å². The maximum absolute atomic E-state index is 12.7. The first kappa shape index (κ1) is 14.3. The monoisotopic (exact) mass is 316 g/mol. The standard InChI is InChI=1S/C19H28N2O2/c22-18-9-15(10-21(18)17-8-12-2-4-14(17)6-12)19(23)20-16-7-11-1-3-13(16)5-11/h11-17H,1-10H2,(H,20,23). The normalized spacial score (nSPS) is 47.7. The van der Waals surface area contributed by atoms with E-state index in [9.17, 15) is 9.59 Å². The Labute approximate surface area is 138 Å². The SMILES string of the molecule is O=C(NC1CC2CCC1C2)C1CC(=O)N(C2CC3CCC2C3)C1. The molecule has 1 aliphatic heterocycles. The zero-order chi connectivity index (χ0) is 15.6. The molecule has 2 amide bonds. The van der Waals surface area contributed by atoms with Gasteiger partial charge in [0.05, 0.1) is 5.92 Å². The fourth-order valence-electron chi connectivity index (χ4n) is 6.54. The van der Waals surface area contributed by atoms with Crippen LogP contribution >= 0.6 is 0 Å². The number of hydrogen-bond donors (Lipinski definition) is 1. The van der Waals surface area contributed by atoms with E-state index in [1.165, 1.54) is 51.4 Å². The Hall–Kier alpha value is -1.06. The molecule has 4 aliphatic carbocycles. The van der Waals surface area contributed by atoms with Gasteiger partial charge in [-0.1, -0.05) is 12.8 Å². The van der Waals surface area contributed by atoms with Crippen LogP contribution in [0.25, 0.3) is 0 Å². The minimum Gasteiger partial charge on any atom is -0.353 e. The highest BCUT2D eigenvalue weighted by molar-refractivity contribution is 5.89. The number of carbonyl (C=O) groups is 2. The molecule has 23 heavy (non-hydrogen) atoms. The highest BCUT2D eigenvalue weighted by Crippen LogP contribution is 2.48. The van der Waals surface area contributed by atoms with Gasteiger partial charge in [-0.3, -0.25) is 9.59 Å². The van der Waals surface area contributed by atoms with Gasteiger partial charge in [-0.25, -0.2) is 0 Å². The zero-order valence-corrected chi connectivity index (χ0v) is 13.9. The number of carbonyl (C=O) groups excluding carboxylic acids is 2. The summed E-state index contributed by atoms with van der Waals surface area (Å²) >= 11 is 0. The molecule has 1 saturated heterocycles. The van der Waals surface area contributed by atoms with Gasteiger partial charge in [0.15, 0.2) is 0 Å². The Morgan fingerprint density at radius 1 is 0.957 bits per heavy atom. The Morgan fingerprint density at radius 3 is 2.30 bits per heavy atom.